The third kappa shape index (κ3) is 2.88. The van der Waals surface area contributed by atoms with Crippen LogP contribution >= 0.6 is 11.8 Å². The van der Waals surface area contributed by atoms with Gasteiger partial charge in [-0.25, -0.2) is 0 Å². The van der Waals surface area contributed by atoms with Crippen molar-refractivity contribution in [3.63, 3.8) is 0 Å². The van der Waals surface area contributed by atoms with E-state index in [0.717, 1.165) is 17.3 Å². The van der Waals surface area contributed by atoms with Crippen molar-refractivity contribution in [2.75, 3.05) is 19.3 Å². The fraction of sp³-hybridized carbons (Fsp3) is 1.00. The number of nitrogens with zero attached hydrogens (tertiary/aromatic N) is 1. The first-order valence-corrected chi connectivity index (χ1v) is 8.96. The van der Waals surface area contributed by atoms with Crippen molar-refractivity contribution in [3.05, 3.63) is 0 Å². The molecule has 2 fully saturated rings. The molecule has 0 aromatic carbocycles. The van der Waals surface area contributed by atoms with Crippen LogP contribution in [0.15, 0.2) is 0 Å². The lowest BCUT2D eigenvalue weighted by atomic mass is 9.91. The summed E-state index contributed by atoms with van der Waals surface area (Å²) in [5, 5.41) is 4.66. The topological polar surface area (TPSA) is 15.3 Å². The van der Waals surface area contributed by atoms with E-state index in [1.54, 1.807) is 0 Å². The first-order chi connectivity index (χ1) is 8.63. The maximum atomic E-state index is 3.78. The molecule has 2 nitrogen and oxygen atoms in total. The molecule has 0 aromatic rings. The molecule has 2 aliphatic rings. The lowest BCUT2D eigenvalue weighted by Crippen LogP contribution is -2.65. The Morgan fingerprint density at radius 3 is 2.72 bits per heavy atom. The molecular formula is C15H30N2S. The lowest BCUT2D eigenvalue weighted by molar-refractivity contribution is 0.0476. The normalized spacial score (nSPS) is 42.3. The van der Waals surface area contributed by atoms with Gasteiger partial charge in [0.05, 0.1) is 0 Å². The number of hydrogen-bond donors (Lipinski definition) is 1. The summed E-state index contributed by atoms with van der Waals surface area (Å²) in [6.45, 7) is 9.48. The summed E-state index contributed by atoms with van der Waals surface area (Å²) in [5.74, 6) is 0. The molecule has 4 unspecified atom stereocenters. The largest absolute Gasteiger partial charge is 0.309 e. The Hall–Kier alpha value is 0.270. The molecule has 3 heteroatoms. The first-order valence-electron chi connectivity index (χ1n) is 7.67. The summed E-state index contributed by atoms with van der Waals surface area (Å²) in [5.41, 5.74) is 0.331. The number of thioether (sulfide) groups is 1. The SMILES string of the molecule is CCC1CNC(C)(CC)CN1C1CCCC1SC. The third-order valence-corrected chi connectivity index (χ3v) is 6.32. The Balaban J connectivity index is 2.10. The fourth-order valence-corrected chi connectivity index (χ4v) is 4.64. The van der Waals surface area contributed by atoms with E-state index in [4.69, 9.17) is 0 Å². The molecule has 1 N–H and O–H groups in total. The number of piperazine rings is 1. The number of nitrogens with one attached hydrogen (secondary N) is 1. The van der Waals surface area contributed by atoms with Crippen molar-refractivity contribution in [1.29, 1.82) is 0 Å². The predicted octanol–water partition coefficient (Wildman–Crippen LogP) is 3.12. The second-order valence-electron chi connectivity index (χ2n) is 6.30. The van der Waals surface area contributed by atoms with Crippen molar-refractivity contribution in [2.45, 2.75) is 75.7 Å². The van der Waals surface area contributed by atoms with Gasteiger partial charge >= 0.3 is 0 Å². The average Bonchev–Trinajstić information content (AvgIpc) is 2.87. The van der Waals surface area contributed by atoms with Crippen LogP contribution < -0.4 is 5.32 Å². The van der Waals surface area contributed by atoms with Crippen molar-refractivity contribution >= 4 is 11.8 Å². The molecule has 0 spiro atoms. The van der Waals surface area contributed by atoms with E-state index >= 15 is 0 Å². The molecule has 4 atom stereocenters. The maximum Gasteiger partial charge on any atom is 0.0278 e. The van der Waals surface area contributed by atoms with E-state index in [2.05, 4.69) is 49.0 Å². The Labute approximate surface area is 117 Å². The molecule has 106 valence electrons. The van der Waals surface area contributed by atoms with Crippen molar-refractivity contribution < 1.29 is 0 Å². The van der Waals surface area contributed by atoms with Crippen LogP contribution in [-0.2, 0) is 0 Å². The highest BCUT2D eigenvalue weighted by atomic mass is 32.2. The molecule has 0 bridgehead atoms. The smallest absolute Gasteiger partial charge is 0.0278 e. The zero-order chi connectivity index (χ0) is 13.2. The highest BCUT2D eigenvalue weighted by Crippen LogP contribution is 2.35. The summed E-state index contributed by atoms with van der Waals surface area (Å²) < 4.78 is 0. The van der Waals surface area contributed by atoms with E-state index in [9.17, 15) is 0 Å². The fourth-order valence-electron chi connectivity index (χ4n) is 3.63. The van der Waals surface area contributed by atoms with Gasteiger partial charge in [-0.1, -0.05) is 20.3 Å². The molecular weight excluding hydrogens is 240 g/mol. The van der Waals surface area contributed by atoms with Gasteiger partial charge < -0.3 is 5.32 Å². The Bertz CT molecular complexity index is 271. The minimum absolute atomic E-state index is 0.331. The van der Waals surface area contributed by atoms with Gasteiger partial charge in [-0.05, 0) is 38.9 Å². The van der Waals surface area contributed by atoms with E-state index in [1.807, 2.05) is 0 Å². The zero-order valence-corrected chi connectivity index (χ0v) is 13.4. The van der Waals surface area contributed by atoms with Crippen LogP contribution in [0, 0.1) is 0 Å². The Kier molecular flexibility index (Phi) is 5.01. The van der Waals surface area contributed by atoms with Crippen LogP contribution in [-0.4, -0.2) is 47.1 Å². The summed E-state index contributed by atoms with van der Waals surface area (Å²) >= 11 is 2.09. The second-order valence-corrected chi connectivity index (χ2v) is 7.38. The third-order valence-electron chi connectivity index (χ3n) is 5.16. The van der Waals surface area contributed by atoms with Gasteiger partial charge in [0, 0.05) is 36.0 Å². The van der Waals surface area contributed by atoms with Gasteiger partial charge in [0.2, 0.25) is 0 Å². The minimum atomic E-state index is 0.331. The minimum Gasteiger partial charge on any atom is -0.309 e. The maximum absolute atomic E-state index is 3.78. The first kappa shape index (κ1) is 14.7. The van der Waals surface area contributed by atoms with Gasteiger partial charge in [0.15, 0.2) is 0 Å². The predicted molar refractivity (Wildman–Crippen MR) is 82.4 cm³/mol. The molecule has 18 heavy (non-hydrogen) atoms. The summed E-state index contributed by atoms with van der Waals surface area (Å²) in [7, 11) is 0. The Morgan fingerprint density at radius 2 is 2.11 bits per heavy atom. The van der Waals surface area contributed by atoms with E-state index < -0.39 is 0 Å². The highest BCUT2D eigenvalue weighted by Gasteiger charge is 2.41. The highest BCUT2D eigenvalue weighted by molar-refractivity contribution is 7.99. The molecule has 1 aliphatic carbocycles. The van der Waals surface area contributed by atoms with E-state index in [1.165, 1.54) is 45.2 Å². The zero-order valence-electron chi connectivity index (χ0n) is 12.5. The molecule has 1 aliphatic heterocycles. The standard InChI is InChI=1S/C15H30N2S/c1-5-12-10-16-15(3,6-2)11-17(12)13-8-7-9-14(13)18-4/h12-14,16H,5-11H2,1-4H3. The number of rotatable bonds is 4. The molecule has 0 aromatic heterocycles. The average molecular weight is 270 g/mol. The van der Waals surface area contributed by atoms with Gasteiger partial charge in [0.25, 0.3) is 0 Å². The quantitative estimate of drug-likeness (QED) is 0.845. The van der Waals surface area contributed by atoms with E-state index in [-0.39, 0.29) is 0 Å². The van der Waals surface area contributed by atoms with Crippen LogP contribution in [0.2, 0.25) is 0 Å². The van der Waals surface area contributed by atoms with Crippen LogP contribution in [0.4, 0.5) is 0 Å². The molecule has 0 radical (unpaired) electrons. The van der Waals surface area contributed by atoms with Crippen LogP contribution in [0.25, 0.3) is 0 Å². The number of hydrogen-bond acceptors (Lipinski definition) is 3. The summed E-state index contributed by atoms with van der Waals surface area (Å²) in [4.78, 5) is 2.86. The second kappa shape index (κ2) is 6.15. The molecule has 0 amide bonds. The monoisotopic (exact) mass is 270 g/mol. The summed E-state index contributed by atoms with van der Waals surface area (Å²) in [6.07, 6.45) is 9.09. The molecule has 2 rings (SSSR count). The van der Waals surface area contributed by atoms with Crippen LogP contribution in [0.5, 0.6) is 0 Å². The van der Waals surface area contributed by atoms with Crippen LogP contribution in [0.3, 0.4) is 0 Å². The molecule has 1 heterocycles. The lowest BCUT2D eigenvalue weighted by Gasteiger charge is -2.49. The van der Waals surface area contributed by atoms with Gasteiger partial charge in [-0.3, -0.25) is 4.90 Å². The van der Waals surface area contributed by atoms with Crippen molar-refractivity contribution in [3.8, 4) is 0 Å². The van der Waals surface area contributed by atoms with Crippen molar-refractivity contribution in [1.82, 2.24) is 10.2 Å². The van der Waals surface area contributed by atoms with Crippen LogP contribution in [0.1, 0.15) is 52.9 Å². The Morgan fingerprint density at radius 1 is 1.33 bits per heavy atom. The molecule has 1 saturated heterocycles. The molecule has 1 saturated carbocycles. The van der Waals surface area contributed by atoms with Gasteiger partial charge in [-0.2, -0.15) is 11.8 Å². The summed E-state index contributed by atoms with van der Waals surface area (Å²) in [6, 6.07) is 1.58. The van der Waals surface area contributed by atoms with E-state index in [0.29, 0.717) is 5.54 Å². The van der Waals surface area contributed by atoms with Gasteiger partial charge in [0.1, 0.15) is 0 Å². The van der Waals surface area contributed by atoms with Gasteiger partial charge in [-0.15, -0.1) is 0 Å². The van der Waals surface area contributed by atoms with Crippen molar-refractivity contribution in [2.24, 2.45) is 0 Å².